The average Bonchev–Trinajstić information content (AvgIpc) is 2.06. The van der Waals surface area contributed by atoms with Crippen LogP contribution in [0.15, 0.2) is 28.7 Å². The Morgan fingerprint density at radius 2 is 2.00 bits per heavy atom. The molecular weight excluding hydrogens is 220 g/mol. The highest BCUT2D eigenvalue weighted by Gasteiger charge is 2.05. The van der Waals surface area contributed by atoms with Gasteiger partial charge in [0.25, 0.3) is 0 Å². The summed E-state index contributed by atoms with van der Waals surface area (Å²) in [5.41, 5.74) is 0.875. The van der Waals surface area contributed by atoms with Gasteiger partial charge >= 0.3 is 0 Å². The van der Waals surface area contributed by atoms with Gasteiger partial charge in [0, 0.05) is 11.6 Å². The first kappa shape index (κ1) is 9.71. The number of methoxy groups -OCH3 is 1. The molecule has 0 radical (unpaired) electrons. The minimum Gasteiger partial charge on any atom is -0.386 e. The maximum absolute atomic E-state index is 9.47. The molecule has 0 fully saturated rings. The number of ether oxygens (including phenoxy) is 1. The Kier molecular flexibility index (Phi) is 3.72. The molecule has 1 aromatic rings. The van der Waals surface area contributed by atoms with Crippen molar-refractivity contribution in [3.8, 4) is 0 Å². The topological polar surface area (TPSA) is 29.5 Å². The molecule has 0 saturated carbocycles. The largest absolute Gasteiger partial charge is 0.386 e. The quantitative estimate of drug-likeness (QED) is 0.863. The van der Waals surface area contributed by atoms with E-state index in [0.717, 1.165) is 10.0 Å². The van der Waals surface area contributed by atoms with E-state index < -0.39 is 6.10 Å². The summed E-state index contributed by atoms with van der Waals surface area (Å²) < 4.78 is 5.84. The van der Waals surface area contributed by atoms with Gasteiger partial charge in [0.05, 0.1) is 6.61 Å². The number of aliphatic hydroxyl groups is 1. The van der Waals surface area contributed by atoms with Crippen LogP contribution in [-0.2, 0) is 4.74 Å². The molecule has 12 heavy (non-hydrogen) atoms. The highest BCUT2D eigenvalue weighted by atomic mass is 79.9. The summed E-state index contributed by atoms with van der Waals surface area (Å²) in [5, 5.41) is 9.47. The molecule has 1 rings (SSSR count). The molecular formula is C9H11BrO2. The molecule has 0 heterocycles. The SMILES string of the molecule is COC[C@@H](O)c1ccc(Br)cc1. The van der Waals surface area contributed by atoms with Gasteiger partial charge in [-0.1, -0.05) is 28.1 Å². The molecule has 0 unspecified atom stereocenters. The van der Waals surface area contributed by atoms with Crippen molar-refractivity contribution in [3.63, 3.8) is 0 Å². The Balaban J connectivity index is 2.68. The third kappa shape index (κ3) is 2.59. The summed E-state index contributed by atoms with van der Waals surface area (Å²) in [7, 11) is 1.57. The van der Waals surface area contributed by atoms with Crippen LogP contribution in [0.4, 0.5) is 0 Å². The Labute approximate surface area is 80.3 Å². The van der Waals surface area contributed by atoms with Gasteiger partial charge in [-0.2, -0.15) is 0 Å². The van der Waals surface area contributed by atoms with Crippen LogP contribution in [0.25, 0.3) is 0 Å². The second-order valence-corrected chi connectivity index (χ2v) is 3.44. The Morgan fingerprint density at radius 1 is 1.42 bits per heavy atom. The van der Waals surface area contributed by atoms with Gasteiger partial charge in [0.15, 0.2) is 0 Å². The predicted molar refractivity (Wildman–Crippen MR) is 51.0 cm³/mol. The lowest BCUT2D eigenvalue weighted by Crippen LogP contribution is -2.04. The maximum atomic E-state index is 9.47. The molecule has 0 aliphatic heterocycles. The first-order chi connectivity index (χ1) is 5.74. The molecule has 2 nitrogen and oxygen atoms in total. The van der Waals surface area contributed by atoms with Crippen molar-refractivity contribution in [2.24, 2.45) is 0 Å². The fourth-order valence-electron chi connectivity index (χ4n) is 0.939. The van der Waals surface area contributed by atoms with E-state index >= 15 is 0 Å². The second kappa shape index (κ2) is 4.60. The van der Waals surface area contributed by atoms with Crippen molar-refractivity contribution in [2.45, 2.75) is 6.10 Å². The minimum atomic E-state index is -0.525. The smallest absolute Gasteiger partial charge is 0.102 e. The van der Waals surface area contributed by atoms with Gasteiger partial charge in [0.2, 0.25) is 0 Å². The van der Waals surface area contributed by atoms with Crippen LogP contribution in [-0.4, -0.2) is 18.8 Å². The highest BCUT2D eigenvalue weighted by molar-refractivity contribution is 9.10. The fraction of sp³-hybridized carbons (Fsp3) is 0.333. The van der Waals surface area contributed by atoms with Gasteiger partial charge in [-0.15, -0.1) is 0 Å². The van der Waals surface area contributed by atoms with E-state index in [0.29, 0.717) is 6.61 Å². The van der Waals surface area contributed by atoms with Crippen molar-refractivity contribution < 1.29 is 9.84 Å². The predicted octanol–water partition coefficient (Wildman–Crippen LogP) is 2.13. The lowest BCUT2D eigenvalue weighted by atomic mass is 10.1. The van der Waals surface area contributed by atoms with E-state index in [1.165, 1.54) is 0 Å². The number of aliphatic hydroxyl groups excluding tert-OH is 1. The van der Waals surface area contributed by atoms with E-state index in [1.54, 1.807) is 7.11 Å². The maximum Gasteiger partial charge on any atom is 0.102 e. The molecule has 0 aromatic heterocycles. The highest BCUT2D eigenvalue weighted by Crippen LogP contribution is 2.16. The number of rotatable bonds is 3. The first-order valence-electron chi connectivity index (χ1n) is 3.66. The summed E-state index contributed by atoms with van der Waals surface area (Å²) in [4.78, 5) is 0. The molecule has 0 aliphatic carbocycles. The average molecular weight is 231 g/mol. The van der Waals surface area contributed by atoms with Crippen LogP contribution >= 0.6 is 15.9 Å². The Morgan fingerprint density at radius 3 is 2.50 bits per heavy atom. The van der Waals surface area contributed by atoms with E-state index in [1.807, 2.05) is 24.3 Å². The molecule has 1 N–H and O–H groups in total. The summed E-state index contributed by atoms with van der Waals surface area (Å²) in [6.07, 6.45) is -0.525. The van der Waals surface area contributed by atoms with Crippen LogP contribution in [0.1, 0.15) is 11.7 Å². The number of halogens is 1. The van der Waals surface area contributed by atoms with Crippen molar-refractivity contribution in [2.75, 3.05) is 13.7 Å². The van der Waals surface area contributed by atoms with Crippen LogP contribution in [0.5, 0.6) is 0 Å². The van der Waals surface area contributed by atoms with Gasteiger partial charge < -0.3 is 9.84 Å². The number of benzene rings is 1. The summed E-state index contributed by atoms with van der Waals surface area (Å²) in [6, 6.07) is 7.53. The Bertz CT molecular complexity index is 233. The molecule has 0 saturated heterocycles. The van der Waals surface area contributed by atoms with E-state index in [-0.39, 0.29) is 0 Å². The monoisotopic (exact) mass is 230 g/mol. The first-order valence-corrected chi connectivity index (χ1v) is 4.46. The minimum absolute atomic E-state index is 0.335. The molecule has 0 spiro atoms. The van der Waals surface area contributed by atoms with E-state index in [2.05, 4.69) is 15.9 Å². The second-order valence-electron chi connectivity index (χ2n) is 2.52. The summed E-state index contributed by atoms with van der Waals surface area (Å²) >= 11 is 3.32. The number of hydrogen-bond donors (Lipinski definition) is 1. The van der Waals surface area contributed by atoms with Crippen LogP contribution in [0.3, 0.4) is 0 Å². The molecule has 3 heteroatoms. The zero-order valence-corrected chi connectivity index (χ0v) is 8.41. The molecule has 0 bridgehead atoms. The third-order valence-electron chi connectivity index (χ3n) is 1.58. The molecule has 0 amide bonds. The standard InChI is InChI=1S/C9H11BrO2/c1-12-6-9(11)7-2-4-8(10)5-3-7/h2-5,9,11H,6H2,1H3/t9-/m1/s1. The van der Waals surface area contributed by atoms with Crippen molar-refractivity contribution >= 4 is 15.9 Å². The van der Waals surface area contributed by atoms with E-state index in [4.69, 9.17) is 4.74 Å². The normalized spacial score (nSPS) is 12.9. The molecule has 0 aliphatic rings. The Hall–Kier alpha value is -0.380. The summed E-state index contributed by atoms with van der Waals surface area (Å²) in [6.45, 7) is 0.335. The van der Waals surface area contributed by atoms with Gasteiger partial charge in [-0.05, 0) is 17.7 Å². The van der Waals surface area contributed by atoms with Gasteiger partial charge in [-0.25, -0.2) is 0 Å². The van der Waals surface area contributed by atoms with E-state index in [9.17, 15) is 5.11 Å². The van der Waals surface area contributed by atoms with Crippen LogP contribution in [0, 0.1) is 0 Å². The van der Waals surface area contributed by atoms with Crippen LogP contribution in [0.2, 0.25) is 0 Å². The number of hydrogen-bond acceptors (Lipinski definition) is 2. The van der Waals surface area contributed by atoms with Crippen molar-refractivity contribution in [1.82, 2.24) is 0 Å². The van der Waals surface area contributed by atoms with Gasteiger partial charge in [0.1, 0.15) is 6.10 Å². The lowest BCUT2D eigenvalue weighted by molar-refractivity contribution is 0.0644. The zero-order chi connectivity index (χ0) is 8.97. The fourth-order valence-corrected chi connectivity index (χ4v) is 1.20. The van der Waals surface area contributed by atoms with Crippen molar-refractivity contribution in [3.05, 3.63) is 34.3 Å². The van der Waals surface area contributed by atoms with Crippen molar-refractivity contribution in [1.29, 1.82) is 0 Å². The summed E-state index contributed by atoms with van der Waals surface area (Å²) in [5.74, 6) is 0. The van der Waals surface area contributed by atoms with Gasteiger partial charge in [-0.3, -0.25) is 0 Å². The third-order valence-corrected chi connectivity index (χ3v) is 2.11. The lowest BCUT2D eigenvalue weighted by Gasteiger charge is -2.08. The zero-order valence-electron chi connectivity index (χ0n) is 6.83. The molecule has 66 valence electrons. The molecule has 1 atom stereocenters. The van der Waals surface area contributed by atoms with Crippen LogP contribution < -0.4 is 0 Å². The molecule has 1 aromatic carbocycles.